The first-order chi connectivity index (χ1) is 13.8. The number of anilines is 2. The van der Waals surface area contributed by atoms with Gasteiger partial charge in [-0.2, -0.15) is 0 Å². The minimum atomic E-state index is -0.662. The number of hydrogen-bond donors (Lipinski definition) is 2. The summed E-state index contributed by atoms with van der Waals surface area (Å²) in [5.41, 5.74) is 6.36. The largest absolute Gasteiger partial charge is 0.383 e. The zero-order valence-corrected chi connectivity index (χ0v) is 17.5. The number of carbonyl (C=O) groups is 1. The van der Waals surface area contributed by atoms with Crippen LogP contribution in [0.2, 0.25) is 0 Å². The van der Waals surface area contributed by atoms with Crippen molar-refractivity contribution in [3.05, 3.63) is 56.2 Å². The number of aromatic amines is 1. The average Bonchev–Trinajstić information content (AvgIpc) is 2.67. The highest BCUT2D eigenvalue weighted by Crippen LogP contribution is 2.21. The number of rotatable bonds is 9. The van der Waals surface area contributed by atoms with E-state index in [9.17, 15) is 14.4 Å². The summed E-state index contributed by atoms with van der Waals surface area (Å²) in [6, 6.07) is 7.00. The standard InChI is InChI=1S/C21H30N4O4/c1-5-6-11-24-18(22)17(19(26)23-21(24)28)25(12-14(2)3)20(27)16-9-7-15(8-10-16)13-29-4/h7-10,14H,5-6,11-13,22H2,1-4H3,(H,23,26,28). The molecule has 3 N–H and O–H groups in total. The Balaban J connectivity index is 2.53. The van der Waals surface area contributed by atoms with E-state index in [0.717, 1.165) is 18.4 Å². The number of carbonyl (C=O) groups excluding carboxylic acids is 1. The van der Waals surface area contributed by atoms with Crippen molar-refractivity contribution < 1.29 is 9.53 Å². The monoisotopic (exact) mass is 402 g/mol. The molecule has 0 aliphatic rings. The van der Waals surface area contributed by atoms with Crippen molar-refractivity contribution in [3.63, 3.8) is 0 Å². The Hall–Kier alpha value is -2.87. The molecule has 2 rings (SSSR count). The molecule has 0 saturated carbocycles. The van der Waals surface area contributed by atoms with E-state index in [1.54, 1.807) is 31.4 Å². The molecule has 0 spiro atoms. The Morgan fingerprint density at radius 2 is 1.90 bits per heavy atom. The van der Waals surface area contributed by atoms with Crippen LogP contribution < -0.4 is 21.9 Å². The fourth-order valence-corrected chi connectivity index (χ4v) is 3.08. The van der Waals surface area contributed by atoms with E-state index >= 15 is 0 Å². The van der Waals surface area contributed by atoms with Crippen LogP contribution in [-0.2, 0) is 17.9 Å². The summed E-state index contributed by atoms with van der Waals surface area (Å²) >= 11 is 0. The molecule has 0 saturated heterocycles. The zero-order chi connectivity index (χ0) is 21.6. The minimum Gasteiger partial charge on any atom is -0.383 e. The first kappa shape index (κ1) is 22.4. The summed E-state index contributed by atoms with van der Waals surface area (Å²) in [4.78, 5) is 41.8. The Bertz CT molecular complexity index is 945. The number of amides is 1. The number of benzene rings is 1. The molecule has 0 bridgehead atoms. The van der Waals surface area contributed by atoms with Gasteiger partial charge in [0.05, 0.1) is 6.61 Å². The average molecular weight is 402 g/mol. The lowest BCUT2D eigenvalue weighted by Crippen LogP contribution is -2.42. The molecular formula is C21H30N4O4. The number of hydrogen-bond acceptors (Lipinski definition) is 5. The van der Waals surface area contributed by atoms with Crippen LogP contribution in [0.15, 0.2) is 33.9 Å². The molecule has 0 radical (unpaired) electrons. The third kappa shape index (κ3) is 5.35. The number of methoxy groups -OCH3 is 1. The molecule has 1 aromatic carbocycles. The summed E-state index contributed by atoms with van der Waals surface area (Å²) < 4.78 is 6.42. The molecule has 1 aromatic heterocycles. The van der Waals surface area contributed by atoms with Crippen LogP contribution in [0.1, 0.15) is 49.5 Å². The predicted octanol–water partition coefficient (Wildman–Crippen LogP) is 2.37. The number of aromatic nitrogens is 2. The predicted molar refractivity (Wildman–Crippen MR) is 114 cm³/mol. The van der Waals surface area contributed by atoms with Gasteiger partial charge >= 0.3 is 5.69 Å². The Kier molecular flexibility index (Phi) is 7.78. The van der Waals surface area contributed by atoms with Gasteiger partial charge in [-0.15, -0.1) is 0 Å². The van der Waals surface area contributed by atoms with Gasteiger partial charge in [-0.05, 0) is 30.0 Å². The molecule has 0 unspecified atom stereocenters. The first-order valence-corrected chi connectivity index (χ1v) is 9.82. The van der Waals surface area contributed by atoms with Crippen molar-refractivity contribution in [1.29, 1.82) is 0 Å². The van der Waals surface area contributed by atoms with E-state index in [1.807, 2.05) is 20.8 Å². The van der Waals surface area contributed by atoms with Gasteiger partial charge in [-0.1, -0.05) is 39.3 Å². The number of nitrogens with two attached hydrogens (primary N) is 1. The van der Waals surface area contributed by atoms with Crippen molar-refractivity contribution in [2.24, 2.45) is 5.92 Å². The van der Waals surface area contributed by atoms with Crippen LogP contribution in [0, 0.1) is 5.92 Å². The van der Waals surface area contributed by atoms with Crippen molar-refractivity contribution in [2.75, 3.05) is 24.3 Å². The first-order valence-electron chi connectivity index (χ1n) is 9.82. The number of nitrogens with one attached hydrogen (secondary N) is 1. The second-order valence-corrected chi connectivity index (χ2v) is 7.44. The lowest BCUT2D eigenvalue weighted by atomic mass is 10.1. The number of unbranched alkanes of at least 4 members (excludes halogenated alkanes) is 1. The second kappa shape index (κ2) is 10.1. The van der Waals surface area contributed by atoms with E-state index in [4.69, 9.17) is 10.5 Å². The molecular weight excluding hydrogens is 372 g/mol. The summed E-state index contributed by atoms with van der Waals surface area (Å²) in [6.45, 7) is 6.99. The Morgan fingerprint density at radius 3 is 2.45 bits per heavy atom. The maximum atomic E-state index is 13.3. The normalized spacial score (nSPS) is 11.1. The molecule has 29 heavy (non-hydrogen) atoms. The van der Waals surface area contributed by atoms with Gasteiger partial charge < -0.3 is 15.4 Å². The van der Waals surface area contributed by atoms with Crippen LogP contribution >= 0.6 is 0 Å². The van der Waals surface area contributed by atoms with Crippen molar-refractivity contribution >= 4 is 17.4 Å². The minimum absolute atomic E-state index is 0.0113. The molecule has 8 nitrogen and oxygen atoms in total. The van der Waals surface area contributed by atoms with Gasteiger partial charge in [-0.25, -0.2) is 4.79 Å². The quantitative estimate of drug-likeness (QED) is 0.669. The van der Waals surface area contributed by atoms with Crippen LogP contribution in [-0.4, -0.2) is 29.1 Å². The number of nitrogen functional groups attached to an aromatic ring is 1. The molecule has 1 amide bonds. The third-order valence-electron chi connectivity index (χ3n) is 4.52. The van der Waals surface area contributed by atoms with E-state index in [1.165, 1.54) is 9.47 Å². The summed E-state index contributed by atoms with van der Waals surface area (Å²) in [5, 5.41) is 0. The summed E-state index contributed by atoms with van der Waals surface area (Å²) in [5.74, 6) is -0.251. The van der Waals surface area contributed by atoms with Gasteiger partial charge in [-0.3, -0.25) is 19.1 Å². The van der Waals surface area contributed by atoms with Gasteiger partial charge in [0.15, 0.2) is 5.69 Å². The highest BCUT2D eigenvalue weighted by Gasteiger charge is 2.26. The van der Waals surface area contributed by atoms with Crippen molar-refractivity contribution in [1.82, 2.24) is 9.55 Å². The molecule has 0 atom stereocenters. The van der Waals surface area contributed by atoms with Crippen molar-refractivity contribution in [2.45, 2.75) is 46.8 Å². The Morgan fingerprint density at radius 1 is 1.24 bits per heavy atom. The summed E-state index contributed by atoms with van der Waals surface area (Å²) in [6.07, 6.45) is 1.59. The summed E-state index contributed by atoms with van der Waals surface area (Å²) in [7, 11) is 1.60. The number of nitrogens with zero attached hydrogens (tertiary/aromatic N) is 2. The fraction of sp³-hybridized carbons (Fsp3) is 0.476. The van der Waals surface area contributed by atoms with Crippen molar-refractivity contribution in [3.8, 4) is 0 Å². The van der Waals surface area contributed by atoms with Gasteiger partial charge in [0.2, 0.25) is 0 Å². The zero-order valence-electron chi connectivity index (χ0n) is 17.5. The topological polar surface area (TPSA) is 110 Å². The Labute approximate surface area is 170 Å². The number of H-pyrrole nitrogens is 1. The van der Waals surface area contributed by atoms with E-state index in [0.29, 0.717) is 18.7 Å². The molecule has 158 valence electrons. The molecule has 0 aliphatic carbocycles. The highest BCUT2D eigenvalue weighted by molar-refractivity contribution is 6.07. The van der Waals surface area contributed by atoms with Gasteiger partial charge in [0.1, 0.15) is 5.82 Å². The van der Waals surface area contributed by atoms with Gasteiger partial charge in [0.25, 0.3) is 11.5 Å². The molecule has 0 fully saturated rings. The van der Waals surface area contributed by atoms with Gasteiger partial charge in [0, 0.05) is 25.8 Å². The van der Waals surface area contributed by atoms with Crippen LogP contribution in [0.5, 0.6) is 0 Å². The highest BCUT2D eigenvalue weighted by atomic mass is 16.5. The number of ether oxygens (including phenoxy) is 1. The maximum Gasteiger partial charge on any atom is 0.330 e. The third-order valence-corrected chi connectivity index (χ3v) is 4.52. The lowest BCUT2D eigenvalue weighted by Gasteiger charge is -2.26. The SMILES string of the molecule is CCCCn1c(N)c(N(CC(C)C)C(=O)c2ccc(COC)cc2)c(=O)[nH]c1=O. The molecule has 2 aromatic rings. The lowest BCUT2D eigenvalue weighted by molar-refractivity contribution is 0.0983. The molecule has 8 heteroatoms. The van der Waals surface area contributed by atoms with Crippen LogP contribution in [0.25, 0.3) is 0 Å². The van der Waals surface area contributed by atoms with E-state index in [2.05, 4.69) is 4.98 Å². The maximum absolute atomic E-state index is 13.3. The molecule has 0 aliphatic heterocycles. The fourth-order valence-electron chi connectivity index (χ4n) is 3.08. The van der Waals surface area contributed by atoms with Crippen LogP contribution in [0.4, 0.5) is 11.5 Å². The van der Waals surface area contributed by atoms with E-state index in [-0.39, 0.29) is 29.9 Å². The van der Waals surface area contributed by atoms with E-state index < -0.39 is 11.2 Å². The second-order valence-electron chi connectivity index (χ2n) is 7.44. The smallest absolute Gasteiger partial charge is 0.330 e. The van der Waals surface area contributed by atoms with Crippen LogP contribution in [0.3, 0.4) is 0 Å². The molecule has 1 heterocycles.